The molecule has 1 aliphatic heterocycles. The largest absolute Gasteiger partial charge is 0.397 e. The smallest absolute Gasteiger partial charge is 0.237 e. The van der Waals surface area contributed by atoms with E-state index in [0.717, 1.165) is 31.1 Å². The van der Waals surface area contributed by atoms with Gasteiger partial charge < -0.3 is 11.1 Å². The second kappa shape index (κ2) is 5.56. The topological polar surface area (TPSA) is 55.1 Å². The maximum absolute atomic E-state index is 13.5. The Labute approximate surface area is 108 Å². The van der Waals surface area contributed by atoms with Crippen molar-refractivity contribution in [1.82, 2.24) is 0 Å². The van der Waals surface area contributed by atoms with Crippen LogP contribution in [-0.4, -0.2) is 16.9 Å². The molecule has 0 aliphatic carbocycles. The third kappa shape index (κ3) is 2.93. The van der Waals surface area contributed by atoms with Crippen molar-refractivity contribution in [2.75, 3.05) is 16.8 Å². The van der Waals surface area contributed by atoms with Crippen molar-refractivity contribution in [2.24, 2.45) is 0 Å². The molecule has 1 unspecified atom stereocenters. The van der Waals surface area contributed by atoms with Gasteiger partial charge in [-0.1, -0.05) is 6.42 Å². The third-order valence-electron chi connectivity index (χ3n) is 2.81. The molecule has 0 aromatic heterocycles. The molecule has 1 fully saturated rings. The summed E-state index contributed by atoms with van der Waals surface area (Å²) in [6.45, 7) is 0. The summed E-state index contributed by atoms with van der Waals surface area (Å²) in [6.07, 6.45) is 2.87. The van der Waals surface area contributed by atoms with Crippen molar-refractivity contribution in [1.29, 1.82) is 0 Å². The van der Waals surface area contributed by atoms with Gasteiger partial charge in [-0.3, -0.25) is 4.79 Å². The summed E-state index contributed by atoms with van der Waals surface area (Å²) in [4.78, 5) is 11.9. The minimum absolute atomic E-state index is 0.0957. The fourth-order valence-corrected chi connectivity index (χ4v) is 3.08. The van der Waals surface area contributed by atoms with Crippen LogP contribution >= 0.6 is 11.8 Å². The quantitative estimate of drug-likeness (QED) is 0.814. The number of benzene rings is 1. The van der Waals surface area contributed by atoms with Gasteiger partial charge in [0, 0.05) is 6.07 Å². The molecule has 3 N–H and O–H groups in total. The molecule has 1 aromatic carbocycles. The van der Waals surface area contributed by atoms with E-state index in [1.807, 2.05) is 0 Å². The molecule has 98 valence electrons. The van der Waals surface area contributed by atoms with Crippen molar-refractivity contribution < 1.29 is 13.6 Å². The predicted molar refractivity (Wildman–Crippen MR) is 69.5 cm³/mol. The summed E-state index contributed by atoms with van der Waals surface area (Å²) in [7, 11) is 0. The van der Waals surface area contributed by atoms with Gasteiger partial charge >= 0.3 is 0 Å². The molecule has 0 bridgehead atoms. The minimum Gasteiger partial charge on any atom is -0.397 e. The van der Waals surface area contributed by atoms with Gasteiger partial charge in [0.05, 0.1) is 10.9 Å². The van der Waals surface area contributed by atoms with Crippen LogP contribution in [0.25, 0.3) is 0 Å². The van der Waals surface area contributed by atoms with E-state index in [9.17, 15) is 13.6 Å². The highest BCUT2D eigenvalue weighted by atomic mass is 32.2. The minimum atomic E-state index is -0.846. The fourth-order valence-electron chi connectivity index (χ4n) is 1.88. The van der Waals surface area contributed by atoms with Gasteiger partial charge in [0.1, 0.15) is 11.5 Å². The number of thioether (sulfide) groups is 1. The summed E-state index contributed by atoms with van der Waals surface area (Å²) in [5.41, 5.74) is 5.27. The first kappa shape index (κ1) is 13.1. The van der Waals surface area contributed by atoms with Crippen LogP contribution in [0.5, 0.6) is 0 Å². The third-order valence-corrected chi connectivity index (χ3v) is 4.18. The van der Waals surface area contributed by atoms with Crippen LogP contribution in [0.2, 0.25) is 0 Å². The van der Waals surface area contributed by atoms with Gasteiger partial charge in [-0.15, -0.1) is 11.8 Å². The molecule has 6 heteroatoms. The van der Waals surface area contributed by atoms with Crippen molar-refractivity contribution in [3.05, 3.63) is 23.8 Å². The van der Waals surface area contributed by atoms with Crippen LogP contribution in [0.15, 0.2) is 12.1 Å². The molecule has 0 spiro atoms. The Balaban J connectivity index is 2.11. The average molecular weight is 272 g/mol. The number of nitrogen functional groups attached to an aromatic ring is 1. The normalized spacial score (nSPS) is 19.6. The lowest BCUT2D eigenvalue weighted by Gasteiger charge is -2.21. The number of carbonyl (C=O) groups excluding carboxylic acids is 1. The van der Waals surface area contributed by atoms with Crippen LogP contribution in [0.1, 0.15) is 19.3 Å². The number of amides is 1. The molecule has 3 nitrogen and oxygen atoms in total. The first-order valence-electron chi connectivity index (χ1n) is 5.75. The molecule has 1 atom stereocenters. The zero-order valence-electron chi connectivity index (χ0n) is 9.71. The molecule has 0 radical (unpaired) electrons. The molecule has 1 heterocycles. The van der Waals surface area contributed by atoms with Gasteiger partial charge in [-0.2, -0.15) is 0 Å². The Hall–Kier alpha value is -1.30. The molecular formula is C12H14F2N2OS. The van der Waals surface area contributed by atoms with Crippen molar-refractivity contribution in [2.45, 2.75) is 24.5 Å². The number of halogens is 2. The molecular weight excluding hydrogens is 258 g/mol. The molecule has 1 aliphatic rings. The standard InChI is InChI=1S/C12H14F2N2OS/c13-7-5-8(14)11(9(15)6-7)16-12(17)10-3-1-2-4-18-10/h5-6,10H,1-4,15H2,(H,16,17). The van der Waals surface area contributed by atoms with E-state index >= 15 is 0 Å². The summed E-state index contributed by atoms with van der Waals surface area (Å²) >= 11 is 1.56. The number of nitrogens with two attached hydrogens (primary N) is 1. The van der Waals surface area contributed by atoms with Crippen LogP contribution in [0.4, 0.5) is 20.2 Å². The average Bonchev–Trinajstić information content (AvgIpc) is 2.34. The maximum atomic E-state index is 13.5. The summed E-state index contributed by atoms with van der Waals surface area (Å²) in [6, 6.07) is 1.70. The Bertz CT molecular complexity index is 438. The number of hydrogen-bond acceptors (Lipinski definition) is 3. The second-order valence-corrected chi connectivity index (χ2v) is 5.51. The SMILES string of the molecule is Nc1cc(F)cc(F)c1NC(=O)C1CCCCS1. The highest BCUT2D eigenvalue weighted by Crippen LogP contribution is 2.28. The van der Waals surface area contributed by atoms with Gasteiger partial charge in [0.2, 0.25) is 5.91 Å². The fraction of sp³-hybridized carbons (Fsp3) is 0.417. The zero-order valence-corrected chi connectivity index (χ0v) is 10.5. The van der Waals surface area contributed by atoms with Gasteiger partial charge in [0.25, 0.3) is 0 Å². The van der Waals surface area contributed by atoms with E-state index in [4.69, 9.17) is 5.73 Å². The van der Waals surface area contributed by atoms with E-state index in [2.05, 4.69) is 5.32 Å². The van der Waals surface area contributed by atoms with E-state index < -0.39 is 11.6 Å². The van der Waals surface area contributed by atoms with Gasteiger partial charge in [0.15, 0.2) is 5.82 Å². The zero-order chi connectivity index (χ0) is 13.1. The first-order valence-corrected chi connectivity index (χ1v) is 6.80. The van der Waals surface area contributed by atoms with E-state index in [1.165, 1.54) is 0 Å². The van der Waals surface area contributed by atoms with Crippen molar-refractivity contribution in [3.8, 4) is 0 Å². The summed E-state index contributed by atoms with van der Waals surface area (Å²) in [5, 5.41) is 2.27. The Morgan fingerprint density at radius 3 is 2.78 bits per heavy atom. The monoisotopic (exact) mass is 272 g/mol. The highest BCUT2D eigenvalue weighted by molar-refractivity contribution is 8.00. The number of carbonyl (C=O) groups is 1. The van der Waals surface area contributed by atoms with Crippen LogP contribution < -0.4 is 11.1 Å². The molecule has 1 saturated heterocycles. The van der Waals surface area contributed by atoms with E-state index in [-0.39, 0.29) is 22.5 Å². The number of nitrogens with one attached hydrogen (secondary N) is 1. The van der Waals surface area contributed by atoms with Crippen LogP contribution in [-0.2, 0) is 4.79 Å². The van der Waals surface area contributed by atoms with E-state index in [0.29, 0.717) is 6.07 Å². The first-order chi connectivity index (χ1) is 8.58. The van der Waals surface area contributed by atoms with Crippen molar-refractivity contribution in [3.63, 3.8) is 0 Å². The number of hydrogen-bond donors (Lipinski definition) is 2. The van der Waals surface area contributed by atoms with Gasteiger partial charge in [-0.05, 0) is 24.7 Å². The Morgan fingerprint density at radius 1 is 1.39 bits per heavy atom. The summed E-state index contributed by atoms with van der Waals surface area (Å²) < 4.78 is 26.4. The molecule has 18 heavy (non-hydrogen) atoms. The molecule has 2 rings (SSSR count). The van der Waals surface area contributed by atoms with Crippen LogP contribution in [0, 0.1) is 11.6 Å². The predicted octanol–water partition coefficient (Wildman–Crippen LogP) is 2.77. The molecule has 0 saturated carbocycles. The Morgan fingerprint density at radius 2 is 2.17 bits per heavy atom. The number of rotatable bonds is 2. The molecule has 1 aromatic rings. The lowest BCUT2D eigenvalue weighted by atomic mass is 10.1. The second-order valence-electron chi connectivity index (χ2n) is 4.20. The van der Waals surface area contributed by atoms with Crippen LogP contribution in [0.3, 0.4) is 0 Å². The Kier molecular flexibility index (Phi) is 4.06. The van der Waals surface area contributed by atoms with Crippen molar-refractivity contribution >= 4 is 29.0 Å². The molecule has 1 amide bonds. The lowest BCUT2D eigenvalue weighted by Crippen LogP contribution is -2.28. The van der Waals surface area contributed by atoms with Gasteiger partial charge in [-0.25, -0.2) is 8.78 Å². The summed E-state index contributed by atoms with van der Waals surface area (Å²) in [5.74, 6) is -0.937. The lowest BCUT2D eigenvalue weighted by molar-refractivity contribution is -0.115. The maximum Gasteiger partial charge on any atom is 0.237 e. The highest BCUT2D eigenvalue weighted by Gasteiger charge is 2.23. The van der Waals surface area contributed by atoms with E-state index in [1.54, 1.807) is 11.8 Å². The number of anilines is 2.